The fourth-order valence-corrected chi connectivity index (χ4v) is 2.57. The van der Waals surface area contributed by atoms with Crippen LogP contribution in [0.4, 0.5) is 5.69 Å². The van der Waals surface area contributed by atoms with Crippen LogP contribution in [0.2, 0.25) is 0 Å². The van der Waals surface area contributed by atoms with E-state index >= 15 is 0 Å². The molecule has 16 heavy (non-hydrogen) atoms. The Morgan fingerprint density at radius 2 is 2.12 bits per heavy atom. The maximum Gasteiger partial charge on any atom is 0.0592 e. The summed E-state index contributed by atoms with van der Waals surface area (Å²) in [6.45, 7) is 7.79. The van der Waals surface area contributed by atoms with E-state index in [1.54, 1.807) is 0 Å². The lowest BCUT2D eigenvalue weighted by molar-refractivity contribution is 0.139. The molecule has 1 aliphatic rings. The van der Waals surface area contributed by atoms with Crippen LogP contribution in [-0.4, -0.2) is 42.1 Å². The van der Waals surface area contributed by atoms with E-state index in [1.165, 1.54) is 5.69 Å². The van der Waals surface area contributed by atoms with Gasteiger partial charge in [0.15, 0.2) is 0 Å². The Bertz CT molecular complexity index is 378. The van der Waals surface area contributed by atoms with Gasteiger partial charge in [-0.2, -0.15) is 0 Å². The molecule has 0 atom stereocenters. The van der Waals surface area contributed by atoms with Crippen molar-refractivity contribution in [1.29, 1.82) is 0 Å². The van der Waals surface area contributed by atoms with Crippen molar-refractivity contribution >= 4 is 21.6 Å². The van der Waals surface area contributed by atoms with Gasteiger partial charge in [-0.15, -0.1) is 0 Å². The second-order valence-electron chi connectivity index (χ2n) is 4.98. The van der Waals surface area contributed by atoms with E-state index in [0.29, 0.717) is 0 Å². The Labute approximate surface area is 106 Å². The molecule has 0 aromatic carbocycles. The predicted molar refractivity (Wildman–Crippen MR) is 70.9 cm³/mol. The van der Waals surface area contributed by atoms with Gasteiger partial charge in [-0.1, -0.05) is 0 Å². The highest BCUT2D eigenvalue weighted by Gasteiger charge is 2.31. The zero-order valence-electron chi connectivity index (χ0n) is 10.1. The topological polar surface area (TPSA) is 19.4 Å². The number of nitrogens with zero attached hydrogens (tertiary/aromatic N) is 3. The molecule has 2 heterocycles. The Morgan fingerprint density at radius 1 is 1.38 bits per heavy atom. The van der Waals surface area contributed by atoms with Crippen LogP contribution >= 0.6 is 15.9 Å². The van der Waals surface area contributed by atoms with Gasteiger partial charge in [0.1, 0.15) is 0 Å². The smallest absolute Gasteiger partial charge is 0.0592 e. The van der Waals surface area contributed by atoms with E-state index < -0.39 is 0 Å². The SMILES string of the molecule is CN1CCN(c2ccncc2Br)CC1(C)C. The average molecular weight is 284 g/mol. The van der Waals surface area contributed by atoms with Gasteiger partial charge in [-0.25, -0.2) is 0 Å². The molecule has 0 amide bonds. The van der Waals surface area contributed by atoms with Gasteiger partial charge in [0.05, 0.1) is 10.2 Å². The van der Waals surface area contributed by atoms with Crippen molar-refractivity contribution < 1.29 is 0 Å². The minimum absolute atomic E-state index is 0.223. The lowest BCUT2D eigenvalue weighted by atomic mass is 9.99. The molecule has 1 aliphatic heterocycles. The fraction of sp³-hybridized carbons (Fsp3) is 0.583. The van der Waals surface area contributed by atoms with Gasteiger partial charge in [-0.3, -0.25) is 9.88 Å². The zero-order valence-corrected chi connectivity index (χ0v) is 11.7. The van der Waals surface area contributed by atoms with Gasteiger partial charge in [-0.05, 0) is 42.9 Å². The Kier molecular flexibility index (Phi) is 3.22. The van der Waals surface area contributed by atoms with Crippen molar-refractivity contribution in [3.8, 4) is 0 Å². The highest BCUT2D eigenvalue weighted by Crippen LogP contribution is 2.29. The minimum Gasteiger partial charge on any atom is -0.367 e. The third-order valence-electron chi connectivity index (χ3n) is 3.41. The summed E-state index contributed by atoms with van der Waals surface area (Å²) in [6, 6.07) is 2.07. The maximum absolute atomic E-state index is 4.11. The molecule has 2 rings (SSSR count). The van der Waals surface area contributed by atoms with Crippen LogP contribution in [0.25, 0.3) is 0 Å². The number of hydrogen-bond acceptors (Lipinski definition) is 3. The zero-order chi connectivity index (χ0) is 11.8. The molecule has 0 saturated carbocycles. The summed E-state index contributed by atoms with van der Waals surface area (Å²) >= 11 is 3.57. The quantitative estimate of drug-likeness (QED) is 0.789. The Hall–Kier alpha value is -0.610. The molecule has 0 radical (unpaired) electrons. The molecule has 1 aromatic rings. The fourth-order valence-electron chi connectivity index (χ4n) is 2.07. The van der Waals surface area contributed by atoms with Gasteiger partial charge in [0.2, 0.25) is 0 Å². The van der Waals surface area contributed by atoms with Crippen LogP contribution in [0.15, 0.2) is 22.9 Å². The van der Waals surface area contributed by atoms with Crippen LogP contribution in [0, 0.1) is 0 Å². The van der Waals surface area contributed by atoms with E-state index in [9.17, 15) is 0 Å². The monoisotopic (exact) mass is 283 g/mol. The van der Waals surface area contributed by atoms with Crippen molar-refractivity contribution in [1.82, 2.24) is 9.88 Å². The van der Waals surface area contributed by atoms with Gasteiger partial charge in [0, 0.05) is 37.6 Å². The van der Waals surface area contributed by atoms with Gasteiger partial charge < -0.3 is 4.90 Å². The first-order valence-electron chi connectivity index (χ1n) is 5.56. The standard InChI is InChI=1S/C12H18BrN3/c1-12(2)9-16(7-6-15(12)3)11-4-5-14-8-10(11)13/h4-5,8H,6-7,9H2,1-3H3. The first-order valence-corrected chi connectivity index (χ1v) is 6.36. The highest BCUT2D eigenvalue weighted by molar-refractivity contribution is 9.10. The normalized spacial score (nSPS) is 21.1. The summed E-state index contributed by atoms with van der Waals surface area (Å²) in [7, 11) is 2.19. The number of anilines is 1. The van der Waals surface area contributed by atoms with Gasteiger partial charge >= 0.3 is 0 Å². The summed E-state index contributed by atoms with van der Waals surface area (Å²) in [5.41, 5.74) is 1.47. The summed E-state index contributed by atoms with van der Waals surface area (Å²) < 4.78 is 1.08. The largest absolute Gasteiger partial charge is 0.367 e. The van der Waals surface area contributed by atoms with Crippen molar-refractivity contribution in [3.05, 3.63) is 22.9 Å². The molecule has 88 valence electrons. The van der Waals surface area contributed by atoms with E-state index in [0.717, 1.165) is 24.1 Å². The minimum atomic E-state index is 0.223. The lowest BCUT2D eigenvalue weighted by Gasteiger charge is -2.46. The van der Waals surface area contributed by atoms with Gasteiger partial charge in [0.25, 0.3) is 0 Å². The molecule has 1 aromatic heterocycles. The second kappa shape index (κ2) is 4.34. The molecule has 0 unspecified atom stereocenters. The second-order valence-corrected chi connectivity index (χ2v) is 5.84. The molecule has 4 heteroatoms. The number of piperazine rings is 1. The van der Waals surface area contributed by atoms with E-state index in [1.807, 2.05) is 12.4 Å². The third-order valence-corrected chi connectivity index (χ3v) is 4.02. The van der Waals surface area contributed by atoms with Crippen molar-refractivity contribution in [2.75, 3.05) is 31.6 Å². The number of rotatable bonds is 1. The number of halogens is 1. The number of hydrogen-bond donors (Lipinski definition) is 0. The lowest BCUT2D eigenvalue weighted by Crippen LogP contribution is -2.57. The van der Waals surface area contributed by atoms with Crippen LogP contribution in [0.3, 0.4) is 0 Å². The van der Waals surface area contributed by atoms with Crippen LogP contribution in [0.5, 0.6) is 0 Å². The molecule has 0 spiro atoms. The molecule has 0 N–H and O–H groups in total. The molecule has 1 saturated heterocycles. The summed E-state index contributed by atoms with van der Waals surface area (Å²) in [6.07, 6.45) is 3.71. The predicted octanol–water partition coefficient (Wildman–Crippen LogP) is 2.37. The number of pyridine rings is 1. The van der Waals surface area contributed by atoms with E-state index in [-0.39, 0.29) is 5.54 Å². The van der Waals surface area contributed by atoms with Crippen molar-refractivity contribution in [2.45, 2.75) is 19.4 Å². The average Bonchev–Trinajstić information content (AvgIpc) is 2.23. The Balaban J connectivity index is 2.21. The summed E-state index contributed by atoms with van der Waals surface area (Å²) in [5.74, 6) is 0. The molecule has 0 bridgehead atoms. The number of aromatic nitrogens is 1. The summed E-state index contributed by atoms with van der Waals surface area (Å²) in [4.78, 5) is 8.94. The number of likely N-dealkylation sites (N-methyl/N-ethyl adjacent to an activating group) is 1. The molecule has 3 nitrogen and oxygen atoms in total. The Morgan fingerprint density at radius 3 is 2.75 bits per heavy atom. The molecule has 1 fully saturated rings. The van der Waals surface area contributed by atoms with E-state index in [4.69, 9.17) is 0 Å². The van der Waals surface area contributed by atoms with Crippen LogP contribution < -0.4 is 4.90 Å². The van der Waals surface area contributed by atoms with Crippen LogP contribution in [-0.2, 0) is 0 Å². The van der Waals surface area contributed by atoms with Crippen molar-refractivity contribution in [2.24, 2.45) is 0 Å². The van der Waals surface area contributed by atoms with E-state index in [2.05, 4.69) is 57.7 Å². The van der Waals surface area contributed by atoms with Crippen LogP contribution in [0.1, 0.15) is 13.8 Å². The summed E-state index contributed by atoms with van der Waals surface area (Å²) in [5, 5.41) is 0. The molecular formula is C12H18BrN3. The highest BCUT2D eigenvalue weighted by atomic mass is 79.9. The molecule has 0 aliphatic carbocycles. The first kappa shape index (κ1) is 11.9. The van der Waals surface area contributed by atoms with Crippen molar-refractivity contribution in [3.63, 3.8) is 0 Å². The third kappa shape index (κ3) is 2.23. The first-order chi connectivity index (χ1) is 7.50. The molecular weight excluding hydrogens is 266 g/mol. The maximum atomic E-state index is 4.11.